The van der Waals surface area contributed by atoms with Crippen LogP contribution < -0.4 is 4.90 Å². The molecule has 0 spiro atoms. The van der Waals surface area contributed by atoms with Gasteiger partial charge >= 0.3 is 0 Å². The van der Waals surface area contributed by atoms with Crippen LogP contribution in [0.1, 0.15) is 25.5 Å². The molecule has 4 aromatic heterocycles. The second-order valence-corrected chi connectivity index (χ2v) is 8.50. The van der Waals surface area contributed by atoms with Gasteiger partial charge in [-0.15, -0.1) is 0 Å². The standard InChI is InChI=1S/C21H22BrN7/c1-14-4-3-8-28(14)19-6-5-15(11-23-19)20-25-18-10-16(22)12-24-21(18)29(20)13-17-7-9-27(2)26-17/h5-7,9-12,14H,3-4,8,13H2,1-2H3. The van der Waals surface area contributed by atoms with Crippen molar-refractivity contribution < 1.29 is 0 Å². The Bertz CT molecular complexity index is 1160. The van der Waals surface area contributed by atoms with E-state index in [0.29, 0.717) is 12.6 Å². The fraction of sp³-hybridized carbons (Fsp3) is 0.333. The van der Waals surface area contributed by atoms with Gasteiger partial charge in [0.05, 0.1) is 12.2 Å². The Morgan fingerprint density at radius 2 is 2.07 bits per heavy atom. The molecule has 1 aliphatic heterocycles. The molecule has 0 N–H and O–H groups in total. The first-order chi connectivity index (χ1) is 14.1. The van der Waals surface area contributed by atoms with E-state index in [4.69, 9.17) is 9.97 Å². The van der Waals surface area contributed by atoms with Gasteiger partial charge in [0.2, 0.25) is 0 Å². The highest BCUT2D eigenvalue weighted by molar-refractivity contribution is 9.10. The maximum absolute atomic E-state index is 4.87. The van der Waals surface area contributed by atoms with Crippen LogP contribution >= 0.6 is 15.9 Å². The molecule has 1 aliphatic rings. The maximum atomic E-state index is 4.87. The molecule has 7 nitrogen and oxygen atoms in total. The number of aryl methyl sites for hydroxylation is 1. The molecule has 1 saturated heterocycles. The minimum atomic E-state index is 0.545. The molecule has 4 aromatic rings. The van der Waals surface area contributed by atoms with E-state index in [1.165, 1.54) is 12.8 Å². The lowest BCUT2D eigenvalue weighted by Gasteiger charge is -2.22. The summed E-state index contributed by atoms with van der Waals surface area (Å²) in [6.45, 7) is 3.94. The molecule has 0 amide bonds. The van der Waals surface area contributed by atoms with Gasteiger partial charge in [0.1, 0.15) is 17.2 Å². The summed E-state index contributed by atoms with van der Waals surface area (Å²) in [5.41, 5.74) is 3.63. The quantitative estimate of drug-likeness (QED) is 0.468. The first-order valence-corrected chi connectivity index (χ1v) is 10.6. The minimum absolute atomic E-state index is 0.545. The molecule has 0 bridgehead atoms. The molecule has 5 rings (SSSR count). The molecule has 148 valence electrons. The summed E-state index contributed by atoms with van der Waals surface area (Å²) in [4.78, 5) is 16.6. The fourth-order valence-corrected chi connectivity index (χ4v) is 4.35. The Labute approximate surface area is 177 Å². The number of hydrogen-bond donors (Lipinski definition) is 0. The molecule has 0 aliphatic carbocycles. The molecular weight excluding hydrogens is 430 g/mol. The van der Waals surface area contributed by atoms with Crippen molar-refractivity contribution in [1.82, 2.24) is 29.3 Å². The van der Waals surface area contributed by atoms with Crippen molar-refractivity contribution in [2.45, 2.75) is 32.4 Å². The first kappa shape index (κ1) is 18.3. The number of aromatic nitrogens is 6. The molecule has 0 saturated carbocycles. The highest BCUT2D eigenvalue weighted by atomic mass is 79.9. The van der Waals surface area contributed by atoms with E-state index in [1.807, 2.05) is 36.3 Å². The number of nitrogens with zero attached hydrogens (tertiary/aromatic N) is 7. The van der Waals surface area contributed by atoms with Crippen LogP contribution in [0.25, 0.3) is 22.6 Å². The van der Waals surface area contributed by atoms with Gasteiger partial charge in [-0.05, 0) is 60.0 Å². The van der Waals surface area contributed by atoms with Crippen molar-refractivity contribution in [3.8, 4) is 11.4 Å². The van der Waals surface area contributed by atoms with Crippen LogP contribution in [0.2, 0.25) is 0 Å². The highest BCUT2D eigenvalue weighted by Crippen LogP contribution is 2.28. The highest BCUT2D eigenvalue weighted by Gasteiger charge is 2.22. The van der Waals surface area contributed by atoms with Gasteiger partial charge in [-0.3, -0.25) is 4.68 Å². The number of anilines is 1. The van der Waals surface area contributed by atoms with Crippen LogP contribution in [0.4, 0.5) is 5.82 Å². The van der Waals surface area contributed by atoms with Gasteiger partial charge in [-0.1, -0.05) is 0 Å². The van der Waals surface area contributed by atoms with Crippen LogP contribution in [0, 0.1) is 0 Å². The Morgan fingerprint density at radius 1 is 1.17 bits per heavy atom. The molecule has 5 heterocycles. The lowest BCUT2D eigenvalue weighted by molar-refractivity contribution is 0.714. The molecule has 29 heavy (non-hydrogen) atoms. The number of rotatable bonds is 4. The molecule has 0 radical (unpaired) electrons. The van der Waals surface area contributed by atoms with Crippen molar-refractivity contribution in [1.29, 1.82) is 0 Å². The monoisotopic (exact) mass is 451 g/mol. The van der Waals surface area contributed by atoms with Crippen LogP contribution in [-0.4, -0.2) is 41.9 Å². The van der Waals surface area contributed by atoms with Crippen LogP contribution in [0.15, 0.2) is 47.3 Å². The predicted octanol–water partition coefficient (Wildman–Crippen LogP) is 4.03. The van der Waals surface area contributed by atoms with Crippen molar-refractivity contribution in [2.24, 2.45) is 7.05 Å². The van der Waals surface area contributed by atoms with Crippen molar-refractivity contribution in [2.75, 3.05) is 11.4 Å². The Kier molecular flexibility index (Phi) is 4.58. The zero-order valence-corrected chi connectivity index (χ0v) is 18.0. The molecule has 1 unspecified atom stereocenters. The summed E-state index contributed by atoms with van der Waals surface area (Å²) in [7, 11) is 1.92. The number of halogens is 1. The third-order valence-electron chi connectivity index (χ3n) is 5.49. The van der Waals surface area contributed by atoms with E-state index >= 15 is 0 Å². The topological polar surface area (TPSA) is 64.7 Å². The van der Waals surface area contributed by atoms with Crippen molar-refractivity contribution in [3.63, 3.8) is 0 Å². The summed E-state index contributed by atoms with van der Waals surface area (Å²) in [5, 5.41) is 4.53. The third kappa shape index (κ3) is 3.42. The number of pyridine rings is 2. The lowest BCUT2D eigenvalue weighted by Crippen LogP contribution is -2.26. The predicted molar refractivity (Wildman–Crippen MR) is 117 cm³/mol. The van der Waals surface area contributed by atoms with E-state index in [-0.39, 0.29) is 0 Å². The van der Waals surface area contributed by atoms with E-state index in [0.717, 1.165) is 45.1 Å². The summed E-state index contributed by atoms with van der Waals surface area (Å²) in [5.74, 6) is 1.89. The number of hydrogen-bond acceptors (Lipinski definition) is 5. The average Bonchev–Trinajstić information content (AvgIpc) is 3.41. The van der Waals surface area contributed by atoms with Crippen molar-refractivity contribution in [3.05, 3.63) is 53.0 Å². The second kappa shape index (κ2) is 7.26. The molecule has 1 atom stereocenters. The Balaban J connectivity index is 1.57. The summed E-state index contributed by atoms with van der Waals surface area (Å²) in [6.07, 6.45) is 8.13. The smallest absolute Gasteiger partial charge is 0.160 e. The van der Waals surface area contributed by atoms with Gasteiger partial charge in [0.25, 0.3) is 0 Å². The van der Waals surface area contributed by atoms with E-state index < -0.39 is 0 Å². The van der Waals surface area contributed by atoms with Crippen LogP contribution in [0.5, 0.6) is 0 Å². The SMILES string of the molecule is CC1CCCN1c1ccc(-c2nc3cc(Br)cnc3n2Cc2ccn(C)n2)cn1. The Hall–Kier alpha value is -2.74. The summed E-state index contributed by atoms with van der Waals surface area (Å²) >= 11 is 3.50. The Morgan fingerprint density at radius 3 is 2.76 bits per heavy atom. The lowest BCUT2D eigenvalue weighted by atomic mass is 10.2. The molecular formula is C21H22BrN7. The van der Waals surface area contributed by atoms with E-state index in [2.05, 4.69) is 54.5 Å². The normalized spacial score (nSPS) is 16.8. The van der Waals surface area contributed by atoms with Gasteiger partial charge in [0.15, 0.2) is 5.65 Å². The second-order valence-electron chi connectivity index (χ2n) is 7.59. The van der Waals surface area contributed by atoms with Crippen LogP contribution in [0.3, 0.4) is 0 Å². The van der Waals surface area contributed by atoms with Crippen molar-refractivity contribution >= 4 is 32.9 Å². The number of fused-ring (bicyclic) bond motifs is 1. The zero-order valence-electron chi connectivity index (χ0n) is 16.5. The van der Waals surface area contributed by atoms with Gasteiger partial charge in [0, 0.05) is 48.3 Å². The third-order valence-corrected chi connectivity index (χ3v) is 5.93. The van der Waals surface area contributed by atoms with Gasteiger partial charge in [-0.2, -0.15) is 5.10 Å². The minimum Gasteiger partial charge on any atom is -0.354 e. The summed E-state index contributed by atoms with van der Waals surface area (Å²) in [6, 6.07) is 8.77. The maximum Gasteiger partial charge on any atom is 0.160 e. The number of imidazole rings is 1. The van der Waals surface area contributed by atoms with E-state index in [9.17, 15) is 0 Å². The first-order valence-electron chi connectivity index (χ1n) is 9.82. The zero-order chi connectivity index (χ0) is 20.0. The fourth-order valence-electron chi connectivity index (χ4n) is 4.03. The largest absolute Gasteiger partial charge is 0.354 e. The van der Waals surface area contributed by atoms with Gasteiger partial charge < -0.3 is 9.47 Å². The molecule has 1 fully saturated rings. The van der Waals surface area contributed by atoms with E-state index in [1.54, 1.807) is 6.20 Å². The van der Waals surface area contributed by atoms with Crippen LogP contribution in [-0.2, 0) is 13.6 Å². The summed E-state index contributed by atoms with van der Waals surface area (Å²) < 4.78 is 4.83. The van der Waals surface area contributed by atoms with Gasteiger partial charge in [-0.25, -0.2) is 15.0 Å². The molecule has 0 aromatic carbocycles. The average molecular weight is 452 g/mol. The molecule has 8 heteroatoms.